The van der Waals surface area contributed by atoms with Crippen LogP contribution in [0, 0.1) is 0 Å². The Morgan fingerprint density at radius 3 is 2.84 bits per heavy atom. The molecule has 0 spiro atoms. The highest BCUT2D eigenvalue weighted by Crippen LogP contribution is 2.39. The minimum Gasteiger partial charge on any atom is -0.490 e. The molecule has 230 valence electrons. The maximum atomic E-state index is 14.3. The zero-order valence-electron chi connectivity index (χ0n) is 23.5. The molecular weight excluding hydrogens is 617 g/mol. The maximum Gasteiger partial charge on any atom is 0.251 e. The van der Waals surface area contributed by atoms with E-state index in [1.54, 1.807) is 31.6 Å². The van der Waals surface area contributed by atoms with Crippen LogP contribution in [0.25, 0.3) is 10.9 Å². The van der Waals surface area contributed by atoms with Gasteiger partial charge in [0.1, 0.15) is 29.7 Å². The lowest BCUT2D eigenvalue weighted by molar-refractivity contribution is 0.0950. The van der Waals surface area contributed by atoms with E-state index in [9.17, 15) is 17.6 Å². The molecule has 1 atom stereocenters. The van der Waals surface area contributed by atoms with Crippen LogP contribution in [0.4, 0.5) is 16.0 Å². The Balaban J connectivity index is 1.20. The van der Waals surface area contributed by atoms with Crippen molar-refractivity contribution in [3.8, 4) is 17.2 Å². The summed E-state index contributed by atoms with van der Waals surface area (Å²) in [4.78, 5) is 28.3. The first-order chi connectivity index (χ1) is 21.2. The number of methoxy groups -OCH3 is 1. The Labute approximate surface area is 257 Å². The molecule has 44 heavy (non-hydrogen) atoms. The molecule has 3 aromatic heterocycles. The number of amides is 1. The van der Waals surface area contributed by atoms with Crippen LogP contribution in [-0.4, -0.2) is 74.9 Å². The summed E-state index contributed by atoms with van der Waals surface area (Å²) in [6.07, 6.45) is 2.93. The Morgan fingerprint density at radius 1 is 1.14 bits per heavy atom. The summed E-state index contributed by atoms with van der Waals surface area (Å²) in [5.74, 6) is 1.63. The summed E-state index contributed by atoms with van der Waals surface area (Å²) in [5.41, 5.74) is -1.06. The number of ether oxygens (including phenoxy) is 4. The van der Waals surface area contributed by atoms with Crippen molar-refractivity contribution in [3.63, 3.8) is 0 Å². The number of hydrogen-bond donors (Lipinski definition) is 1. The third kappa shape index (κ3) is 5.92. The van der Waals surface area contributed by atoms with Crippen LogP contribution in [0.1, 0.15) is 22.5 Å². The van der Waals surface area contributed by atoms with Gasteiger partial charge in [0.05, 0.1) is 48.7 Å². The average molecular weight is 644 g/mol. The fourth-order valence-electron chi connectivity index (χ4n) is 4.79. The molecule has 12 nitrogen and oxygen atoms in total. The van der Waals surface area contributed by atoms with Crippen molar-refractivity contribution >= 4 is 49.9 Å². The maximum absolute atomic E-state index is 14.3. The quantitative estimate of drug-likeness (QED) is 0.278. The number of pyridine rings is 3. The molecule has 2 aliphatic heterocycles. The first-order valence-corrected chi connectivity index (χ1v) is 15.6. The Bertz CT molecular complexity index is 1840. The second kappa shape index (κ2) is 12.4. The van der Waals surface area contributed by atoms with Gasteiger partial charge in [-0.1, -0.05) is 11.6 Å². The van der Waals surface area contributed by atoms with Crippen LogP contribution in [0.5, 0.6) is 17.2 Å². The standard InChI is InChI=1S/C29H27ClFN5O7S/c1-40-8-9-41-20-13-23-28(33-16-20)36(5-7-42-23)26-3-2-17-14-32-19(12-22(17)35-26)15-34-29(37)18-10-21(30)27-24(11-18)44(38,39)25(31)4-6-43-27/h2-3,10-14,16,25H,4-9,15H2,1H3,(H,34,37)/t25-/m1/s1. The van der Waals surface area contributed by atoms with Crippen LogP contribution in [0.2, 0.25) is 5.02 Å². The number of sulfone groups is 1. The molecule has 0 unspecified atom stereocenters. The fraction of sp³-hybridized carbons (Fsp3) is 0.310. The van der Waals surface area contributed by atoms with E-state index in [2.05, 4.69) is 15.3 Å². The summed E-state index contributed by atoms with van der Waals surface area (Å²) in [6, 6.07) is 9.65. The van der Waals surface area contributed by atoms with E-state index >= 15 is 0 Å². The molecule has 5 heterocycles. The number of nitrogens with one attached hydrogen (secondary N) is 1. The van der Waals surface area contributed by atoms with Gasteiger partial charge in [0.2, 0.25) is 15.3 Å². The first-order valence-electron chi connectivity index (χ1n) is 13.6. The van der Waals surface area contributed by atoms with Gasteiger partial charge in [0.25, 0.3) is 5.91 Å². The number of alkyl halides is 1. The highest BCUT2D eigenvalue weighted by Gasteiger charge is 2.35. The van der Waals surface area contributed by atoms with Crippen LogP contribution >= 0.6 is 11.6 Å². The van der Waals surface area contributed by atoms with Crippen LogP contribution < -0.4 is 24.4 Å². The van der Waals surface area contributed by atoms with Crippen molar-refractivity contribution in [2.45, 2.75) is 23.4 Å². The number of fused-ring (bicyclic) bond motifs is 3. The number of rotatable bonds is 8. The van der Waals surface area contributed by atoms with Gasteiger partial charge >= 0.3 is 0 Å². The highest BCUT2D eigenvalue weighted by atomic mass is 35.5. The molecule has 0 radical (unpaired) electrons. The molecule has 1 N–H and O–H groups in total. The van der Waals surface area contributed by atoms with Crippen LogP contribution in [0.3, 0.4) is 0 Å². The van der Waals surface area contributed by atoms with Gasteiger partial charge < -0.3 is 29.2 Å². The number of benzene rings is 1. The minimum atomic E-state index is -4.37. The van der Waals surface area contributed by atoms with Gasteiger partial charge in [-0.3, -0.25) is 9.78 Å². The van der Waals surface area contributed by atoms with E-state index < -0.39 is 26.1 Å². The summed E-state index contributed by atoms with van der Waals surface area (Å²) >= 11 is 6.23. The first kappa shape index (κ1) is 29.8. The molecule has 0 fully saturated rings. The van der Waals surface area contributed by atoms with E-state index in [4.69, 9.17) is 35.5 Å². The highest BCUT2D eigenvalue weighted by molar-refractivity contribution is 7.92. The summed E-state index contributed by atoms with van der Waals surface area (Å²) in [7, 11) is -2.77. The van der Waals surface area contributed by atoms with Crippen LogP contribution in [0.15, 0.2) is 53.7 Å². The van der Waals surface area contributed by atoms with E-state index in [1.807, 2.05) is 17.0 Å². The lowest BCUT2D eigenvalue weighted by Crippen LogP contribution is -2.30. The molecule has 0 saturated heterocycles. The van der Waals surface area contributed by atoms with Crippen molar-refractivity contribution < 1.29 is 36.6 Å². The second-order valence-corrected chi connectivity index (χ2v) is 12.4. The molecule has 15 heteroatoms. The van der Waals surface area contributed by atoms with Crippen molar-refractivity contribution in [2.24, 2.45) is 0 Å². The number of hydrogen-bond acceptors (Lipinski definition) is 11. The number of aromatic nitrogens is 3. The molecule has 2 aliphatic rings. The average Bonchev–Trinajstić information content (AvgIpc) is 3.14. The molecule has 6 rings (SSSR count). The van der Waals surface area contributed by atoms with Gasteiger partial charge in [-0.2, -0.15) is 0 Å². The third-order valence-electron chi connectivity index (χ3n) is 7.02. The monoisotopic (exact) mass is 643 g/mol. The molecule has 0 aliphatic carbocycles. The lowest BCUT2D eigenvalue weighted by Gasteiger charge is -2.29. The molecule has 1 aromatic carbocycles. The molecule has 1 amide bonds. The normalized spacial score (nSPS) is 17.1. The number of anilines is 2. The van der Waals surface area contributed by atoms with Gasteiger partial charge in [-0.05, 0) is 30.3 Å². The number of carbonyl (C=O) groups is 1. The number of carbonyl (C=O) groups excluding carboxylic acids is 1. The van der Waals surface area contributed by atoms with Gasteiger partial charge in [-0.15, -0.1) is 0 Å². The van der Waals surface area contributed by atoms with E-state index in [0.717, 1.165) is 11.5 Å². The van der Waals surface area contributed by atoms with E-state index in [-0.39, 0.29) is 35.9 Å². The molecule has 0 bridgehead atoms. The second-order valence-electron chi connectivity index (χ2n) is 9.93. The largest absolute Gasteiger partial charge is 0.490 e. The molecule has 0 saturated carbocycles. The number of nitrogens with zero attached hydrogens (tertiary/aromatic N) is 4. The van der Waals surface area contributed by atoms with Gasteiger partial charge in [0, 0.05) is 36.7 Å². The van der Waals surface area contributed by atoms with Crippen molar-refractivity contribution in [2.75, 3.05) is 45.0 Å². The zero-order chi connectivity index (χ0) is 30.8. The van der Waals surface area contributed by atoms with E-state index in [0.29, 0.717) is 60.7 Å². The summed E-state index contributed by atoms with van der Waals surface area (Å²) < 4.78 is 61.4. The predicted octanol–water partition coefficient (Wildman–Crippen LogP) is 4.02. The van der Waals surface area contributed by atoms with Gasteiger partial charge in [-0.25, -0.2) is 22.8 Å². The lowest BCUT2D eigenvalue weighted by atomic mass is 10.2. The molecule has 4 aromatic rings. The zero-order valence-corrected chi connectivity index (χ0v) is 25.0. The van der Waals surface area contributed by atoms with E-state index in [1.165, 1.54) is 6.07 Å². The molecular formula is C29H27ClFN5O7S. The van der Waals surface area contributed by atoms with Crippen LogP contribution in [-0.2, 0) is 21.1 Å². The van der Waals surface area contributed by atoms with Gasteiger partial charge in [0.15, 0.2) is 17.3 Å². The topological polar surface area (TPSA) is 142 Å². The summed E-state index contributed by atoms with van der Waals surface area (Å²) in [5, 5.41) is 3.40. The van der Waals surface area contributed by atoms with Crippen molar-refractivity contribution in [1.82, 2.24) is 20.3 Å². The predicted molar refractivity (Wildman–Crippen MR) is 158 cm³/mol. The Kier molecular flexibility index (Phi) is 8.38. The summed E-state index contributed by atoms with van der Waals surface area (Å²) in [6.45, 7) is 1.66. The smallest absolute Gasteiger partial charge is 0.251 e. The van der Waals surface area contributed by atoms with Crippen molar-refractivity contribution in [3.05, 3.63) is 65.1 Å². The minimum absolute atomic E-state index is 0.0121. The van der Waals surface area contributed by atoms with Crippen molar-refractivity contribution in [1.29, 1.82) is 0 Å². The SMILES string of the molecule is COCCOc1cnc2c(c1)OCCN2c1ccc2cnc(CNC(=O)c3cc(Cl)c4c(c3)S(=O)(=O)[C@@H](F)CCO4)cc2n1. The fourth-order valence-corrected chi connectivity index (χ4v) is 6.52. The Morgan fingerprint density at radius 2 is 2.00 bits per heavy atom. The Hall–Kier alpha value is -4.27. The number of halogens is 2. The third-order valence-corrected chi connectivity index (χ3v) is 9.13.